The minimum Gasteiger partial charge on any atom is -0.481 e. The lowest BCUT2D eigenvalue weighted by atomic mass is 10.00. The number of nitrogens with two attached hydrogens (primary N) is 1. The van der Waals surface area contributed by atoms with Crippen molar-refractivity contribution in [3.63, 3.8) is 0 Å². The van der Waals surface area contributed by atoms with Gasteiger partial charge >= 0.3 is 0 Å². The van der Waals surface area contributed by atoms with Crippen molar-refractivity contribution in [1.82, 2.24) is 4.98 Å². The summed E-state index contributed by atoms with van der Waals surface area (Å²) in [5.41, 5.74) is 7.13. The van der Waals surface area contributed by atoms with E-state index < -0.39 is 0 Å². The van der Waals surface area contributed by atoms with Gasteiger partial charge in [0.2, 0.25) is 5.88 Å². The zero-order valence-electron chi connectivity index (χ0n) is 10.1. The highest BCUT2D eigenvalue weighted by Crippen LogP contribution is 2.19. The van der Waals surface area contributed by atoms with E-state index in [1.807, 2.05) is 12.1 Å². The molecule has 0 saturated heterocycles. The Morgan fingerprint density at radius 2 is 2.00 bits per heavy atom. The van der Waals surface area contributed by atoms with Crippen molar-refractivity contribution >= 4 is 12.4 Å². The van der Waals surface area contributed by atoms with Gasteiger partial charge in [0, 0.05) is 18.3 Å². The smallest absolute Gasteiger partial charge is 0.212 e. The lowest BCUT2D eigenvalue weighted by Crippen LogP contribution is -2.11. The third kappa shape index (κ3) is 4.81. The van der Waals surface area contributed by atoms with Crippen LogP contribution in [-0.4, -0.2) is 12.1 Å². The Morgan fingerprint density at radius 3 is 2.44 bits per heavy atom. The zero-order valence-corrected chi connectivity index (χ0v) is 11.0. The molecule has 0 bridgehead atoms. The molecule has 0 fully saturated rings. The van der Waals surface area contributed by atoms with Gasteiger partial charge in [0.1, 0.15) is 0 Å². The molecule has 1 rings (SSSR count). The van der Waals surface area contributed by atoms with Crippen LogP contribution in [0, 0.1) is 5.92 Å². The zero-order chi connectivity index (χ0) is 11.3. The molecule has 4 heteroatoms. The Morgan fingerprint density at radius 1 is 1.31 bits per heavy atom. The molecule has 16 heavy (non-hydrogen) atoms. The van der Waals surface area contributed by atoms with Crippen LogP contribution in [0.3, 0.4) is 0 Å². The largest absolute Gasteiger partial charge is 0.481 e. The van der Waals surface area contributed by atoms with E-state index in [9.17, 15) is 0 Å². The molecule has 0 amide bonds. The average Bonchev–Trinajstić information content (AvgIpc) is 2.26. The lowest BCUT2D eigenvalue weighted by molar-refractivity contribution is 0.397. The molecule has 1 aromatic heterocycles. The Bertz CT molecular complexity index is 288. The number of aromatic nitrogens is 1. The lowest BCUT2D eigenvalue weighted by Gasteiger charge is -2.13. The highest BCUT2D eigenvalue weighted by Gasteiger charge is 2.07. The van der Waals surface area contributed by atoms with Crippen LogP contribution in [0.4, 0.5) is 0 Å². The number of methoxy groups -OCH3 is 1. The van der Waals surface area contributed by atoms with Crippen LogP contribution in [0.1, 0.15) is 38.3 Å². The molecule has 1 aromatic rings. The third-order valence-electron chi connectivity index (χ3n) is 2.45. The van der Waals surface area contributed by atoms with Crippen molar-refractivity contribution in [3.8, 4) is 5.88 Å². The second-order valence-corrected chi connectivity index (χ2v) is 4.21. The fourth-order valence-electron chi connectivity index (χ4n) is 1.41. The number of pyridine rings is 1. The first-order chi connectivity index (χ1) is 7.13. The topological polar surface area (TPSA) is 48.1 Å². The molecule has 0 spiro atoms. The number of hydrogen-bond acceptors (Lipinski definition) is 3. The first-order valence-corrected chi connectivity index (χ1v) is 5.39. The van der Waals surface area contributed by atoms with Gasteiger partial charge in [-0.1, -0.05) is 19.9 Å². The van der Waals surface area contributed by atoms with Crippen molar-refractivity contribution in [2.24, 2.45) is 11.7 Å². The van der Waals surface area contributed by atoms with E-state index in [0.717, 1.165) is 18.4 Å². The summed E-state index contributed by atoms with van der Waals surface area (Å²) >= 11 is 0. The summed E-state index contributed by atoms with van der Waals surface area (Å²) in [6.45, 7) is 4.41. The van der Waals surface area contributed by atoms with E-state index in [2.05, 4.69) is 18.8 Å². The summed E-state index contributed by atoms with van der Waals surface area (Å²) in [5, 5.41) is 0. The number of hydrogen-bond donors (Lipinski definition) is 1. The van der Waals surface area contributed by atoms with Crippen molar-refractivity contribution in [2.45, 2.75) is 32.7 Å². The van der Waals surface area contributed by atoms with Gasteiger partial charge in [0.25, 0.3) is 0 Å². The molecular formula is C12H21ClN2O. The highest BCUT2D eigenvalue weighted by atomic mass is 35.5. The Balaban J connectivity index is 0.00000225. The first kappa shape index (κ1) is 15.2. The second-order valence-electron chi connectivity index (χ2n) is 4.21. The van der Waals surface area contributed by atoms with Gasteiger partial charge in [-0.25, -0.2) is 4.98 Å². The van der Waals surface area contributed by atoms with E-state index in [1.165, 1.54) is 0 Å². The van der Waals surface area contributed by atoms with Crippen molar-refractivity contribution in [1.29, 1.82) is 0 Å². The first-order valence-electron chi connectivity index (χ1n) is 5.39. The van der Waals surface area contributed by atoms with Crippen LogP contribution in [0.5, 0.6) is 5.88 Å². The van der Waals surface area contributed by atoms with Gasteiger partial charge in [0.05, 0.1) is 7.11 Å². The van der Waals surface area contributed by atoms with E-state index in [0.29, 0.717) is 11.8 Å². The summed E-state index contributed by atoms with van der Waals surface area (Å²) in [6, 6.07) is 3.92. The molecule has 0 saturated carbocycles. The molecule has 0 aliphatic rings. The number of halogens is 1. The number of nitrogens with zero attached hydrogens (tertiary/aromatic N) is 1. The molecule has 0 unspecified atom stereocenters. The number of rotatable bonds is 5. The predicted molar refractivity (Wildman–Crippen MR) is 69.0 cm³/mol. The van der Waals surface area contributed by atoms with E-state index in [4.69, 9.17) is 10.5 Å². The van der Waals surface area contributed by atoms with Crippen LogP contribution in [0.25, 0.3) is 0 Å². The summed E-state index contributed by atoms with van der Waals surface area (Å²) < 4.78 is 5.00. The molecule has 92 valence electrons. The fraction of sp³-hybridized carbons (Fsp3) is 0.583. The molecular weight excluding hydrogens is 224 g/mol. The fourth-order valence-corrected chi connectivity index (χ4v) is 1.41. The third-order valence-corrected chi connectivity index (χ3v) is 2.45. The van der Waals surface area contributed by atoms with E-state index >= 15 is 0 Å². The van der Waals surface area contributed by atoms with Gasteiger partial charge in [-0.15, -0.1) is 12.4 Å². The summed E-state index contributed by atoms with van der Waals surface area (Å²) in [6.07, 6.45) is 3.95. The Labute approximate surface area is 104 Å². The molecule has 2 N–H and O–H groups in total. The molecule has 3 nitrogen and oxygen atoms in total. The summed E-state index contributed by atoms with van der Waals surface area (Å²) in [4.78, 5) is 4.14. The quantitative estimate of drug-likeness (QED) is 0.866. The van der Waals surface area contributed by atoms with Crippen LogP contribution in [-0.2, 0) is 0 Å². The van der Waals surface area contributed by atoms with Crippen molar-refractivity contribution in [3.05, 3.63) is 23.9 Å². The van der Waals surface area contributed by atoms with Crippen molar-refractivity contribution in [2.75, 3.05) is 7.11 Å². The van der Waals surface area contributed by atoms with E-state index in [1.54, 1.807) is 13.3 Å². The molecule has 0 aliphatic heterocycles. The van der Waals surface area contributed by atoms with Crippen LogP contribution in [0.2, 0.25) is 0 Å². The maximum atomic E-state index is 6.05. The minimum absolute atomic E-state index is 0. The molecule has 1 atom stereocenters. The second kappa shape index (κ2) is 7.47. The normalized spacial score (nSPS) is 12.1. The standard InChI is InChI=1S/C12H20N2O.ClH/c1-9(2)4-6-11(13)10-5-7-12(15-3)14-8-10;/h5,7-9,11H,4,6,13H2,1-3H3;1H/t11-;/m0./s1. The van der Waals surface area contributed by atoms with Crippen LogP contribution < -0.4 is 10.5 Å². The van der Waals surface area contributed by atoms with Gasteiger partial charge in [0.15, 0.2) is 0 Å². The van der Waals surface area contributed by atoms with E-state index in [-0.39, 0.29) is 18.4 Å². The molecule has 1 heterocycles. The highest BCUT2D eigenvalue weighted by molar-refractivity contribution is 5.85. The summed E-state index contributed by atoms with van der Waals surface area (Å²) in [5.74, 6) is 1.33. The van der Waals surface area contributed by atoms with Crippen LogP contribution >= 0.6 is 12.4 Å². The molecule has 0 radical (unpaired) electrons. The minimum atomic E-state index is 0. The predicted octanol–water partition coefficient (Wildman–Crippen LogP) is 2.95. The van der Waals surface area contributed by atoms with Gasteiger partial charge in [-0.05, 0) is 24.3 Å². The number of ether oxygens (including phenoxy) is 1. The Hall–Kier alpha value is -0.800. The Kier molecular flexibility index (Phi) is 7.10. The summed E-state index contributed by atoms with van der Waals surface area (Å²) in [7, 11) is 1.61. The van der Waals surface area contributed by atoms with Crippen LogP contribution in [0.15, 0.2) is 18.3 Å². The average molecular weight is 245 g/mol. The van der Waals surface area contributed by atoms with Gasteiger partial charge < -0.3 is 10.5 Å². The SMILES string of the molecule is COc1ccc([C@@H](N)CCC(C)C)cn1.Cl. The monoisotopic (exact) mass is 244 g/mol. The maximum absolute atomic E-state index is 6.05. The molecule has 0 aliphatic carbocycles. The van der Waals surface area contributed by atoms with Gasteiger partial charge in [-0.2, -0.15) is 0 Å². The van der Waals surface area contributed by atoms with Gasteiger partial charge in [-0.3, -0.25) is 0 Å². The molecule has 0 aromatic carbocycles. The maximum Gasteiger partial charge on any atom is 0.212 e. The van der Waals surface area contributed by atoms with Crippen molar-refractivity contribution < 1.29 is 4.74 Å².